The Morgan fingerprint density at radius 3 is 2.38 bits per heavy atom. The number of aliphatic hydroxyl groups excluding tert-OH is 1. The maximum Gasteiger partial charge on any atom is 0.174 e. The molecule has 0 saturated heterocycles. The van der Waals surface area contributed by atoms with E-state index >= 15 is 0 Å². The fourth-order valence-electron chi connectivity index (χ4n) is 0.955. The van der Waals surface area contributed by atoms with Gasteiger partial charge in [0.1, 0.15) is 0 Å². The van der Waals surface area contributed by atoms with Crippen LogP contribution in [-0.2, 0) is 6.42 Å². The molecular weight excluding hydrogens is 206 g/mol. The molecule has 0 spiro atoms. The maximum absolute atomic E-state index is 8.89. The molecule has 72 valence electrons. The third-order valence-corrected chi connectivity index (χ3v) is 1.92. The molecular formula is C9H12ClNOS. The SMILES string of the molecule is Cl.N[C@@H](Cc1ccccc1)C(O)=S. The van der Waals surface area contributed by atoms with Crippen molar-refractivity contribution in [2.75, 3.05) is 0 Å². The van der Waals surface area contributed by atoms with Crippen molar-refractivity contribution < 1.29 is 5.11 Å². The van der Waals surface area contributed by atoms with Crippen LogP contribution in [0.2, 0.25) is 0 Å². The van der Waals surface area contributed by atoms with Gasteiger partial charge in [-0.15, -0.1) is 12.4 Å². The molecule has 0 amide bonds. The lowest BCUT2D eigenvalue weighted by Crippen LogP contribution is -2.30. The van der Waals surface area contributed by atoms with Gasteiger partial charge in [-0.2, -0.15) is 0 Å². The van der Waals surface area contributed by atoms with Gasteiger partial charge >= 0.3 is 0 Å². The molecule has 0 aromatic heterocycles. The maximum atomic E-state index is 8.89. The van der Waals surface area contributed by atoms with Gasteiger partial charge in [-0.25, -0.2) is 0 Å². The van der Waals surface area contributed by atoms with Crippen LogP contribution in [0, 0.1) is 0 Å². The van der Waals surface area contributed by atoms with E-state index in [1.54, 1.807) is 0 Å². The molecule has 0 radical (unpaired) electrons. The smallest absolute Gasteiger partial charge is 0.174 e. The number of thiocarbonyl (C=S) groups is 1. The average Bonchev–Trinajstić information content (AvgIpc) is 2.06. The van der Waals surface area contributed by atoms with Crippen LogP contribution in [0.3, 0.4) is 0 Å². The molecule has 0 heterocycles. The van der Waals surface area contributed by atoms with Crippen molar-refractivity contribution in [1.82, 2.24) is 0 Å². The van der Waals surface area contributed by atoms with Crippen LogP contribution in [0.1, 0.15) is 5.56 Å². The summed E-state index contributed by atoms with van der Waals surface area (Å²) in [4.78, 5) is 0. The second-order valence-electron chi connectivity index (χ2n) is 2.63. The molecule has 0 unspecified atom stereocenters. The average molecular weight is 218 g/mol. The second kappa shape index (κ2) is 5.91. The van der Waals surface area contributed by atoms with Crippen molar-refractivity contribution in [2.24, 2.45) is 5.73 Å². The lowest BCUT2D eigenvalue weighted by Gasteiger charge is -2.07. The summed E-state index contributed by atoms with van der Waals surface area (Å²) in [6.45, 7) is 0. The first-order chi connectivity index (χ1) is 5.70. The topological polar surface area (TPSA) is 46.2 Å². The van der Waals surface area contributed by atoms with E-state index in [9.17, 15) is 0 Å². The van der Waals surface area contributed by atoms with E-state index < -0.39 is 6.04 Å². The Kier molecular flexibility index (Phi) is 5.62. The molecule has 0 saturated carbocycles. The molecule has 2 nitrogen and oxygen atoms in total. The van der Waals surface area contributed by atoms with E-state index in [4.69, 9.17) is 10.8 Å². The second-order valence-corrected chi connectivity index (χ2v) is 3.05. The van der Waals surface area contributed by atoms with Crippen molar-refractivity contribution >= 4 is 29.7 Å². The van der Waals surface area contributed by atoms with Crippen molar-refractivity contribution in [1.29, 1.82) is 0 Å². The Balaban J connectivity index is 0.00000144. The monoisotopic (exact) mass is 217 g/mol. The van der Waals surface area contributed by atoms with Gasteiger partial charge in [0.05, 0.1) is 6.04 Å². The van der Waals surface area contributed by atoms with Crippen molar-refractivity contribution in [3.8, 4) is 0 Å². The van der Waals surface area contributed by atoms with Crippen LogP contribution in [0.15, 0.2) is 30.3 Å². The Hall–Kier alpha value is -0.640. The Bertz CT molecular complexity index is 266. The van der Waals surface area contributed by atoms with E-state index in [2.05, 4.69) is 12.2 Å². The number of hydrogen-bond donors (Lipinski definition) is 2. The van der Waals surface area contributed by atoms with Crippen LogP contribution in [0.5, 0.6) is 0 Å². The highest BCUT2D eigenvalue weighted by molar-refractivity contribution is 7.80. The van der Waals surface area contributed by atoms with Gasteiger partial charge in [0.2, 0.25) is 0 Å². The van der Waals surface area contributed by atoms with Crippen LogP contribution < -0.4 is 5.73 Å². The first kappa shape index (κ1) is 12.4. The summed E-state index contributed by atoms with van der Waals surface area (Å²) < 4.78 is 0. The minimum absolute atomic E-state index is 0. The van der Waals surface area contributed by atoms with E-state index in [1.165, 1.54) is 0 Å². The quantitative estimate of drug-likeness (QED) is 0.760. The van der Waals surface area contributed by atoms with E-state index in [1.807, 2.05) is 30.3 Å². The van der Waals surface area contributed by atoms with Crippen LogP contribution in [0.25, 0.3) is 0 Å². The van der Waals surface area contributed by atoms with Gasteiger partial charge in [-0.05, 0) is 24.2 Å². The van der Waals surface area contributed by atoms with Gasteiger partial charge in [0, 0.05) is 0 Å². The highest BCUT2D eigenvalue weighted by atomic mass is 35.5. The molecule has 0 bridgehead atoms. The predicted molar refractivity (Wildman–Crippen MR) is 60.6 cm³/mol. The molecule has 13 heavy (non-hydrogen) atoms. The zero-order valence-corrected chi connectivity index (χ0v) is 8.65. The van der Waals surface area contributed by atoms with Crippen LogP contribution >= 0.6 is 24.6 Å². The molecule has 0 fully saturated rings. The first-order valence-corrected chi connectivity index (χ1v) is 4.13. The highest BCUT2D eigenvalue weighted by Crippen LogP contribution is 2.01. The summed E-state index contributed by atoms with van der Waals surface area (Å²) >= 11 is 4.55. The fraction of sp³-hybridized carbons (Fsp3) is 0.222. The summed E-state index contributed by atoms with van der Waals surface area (Å²) in [5.41, 5.74) is 6.64. The van der Waals surface area contributed by atoms with Gasteiger partial charge < -0.3 is 10.8 Å². The molecule has 1 atom stereocenters. The Morgan fingerprint density at radius 1 is 1.38 bits per heavy atom. The zero-order chi connectivity index (χ0) is 8.97. The van der Waals surface area contributed by atoms with E-state index in [0.717, 1.165) is 5.56 Å². The molecule has 3 N–H and O–H groups in total. The minimum Gasteiger partial charge on any atom is -0.501 e. The van der Waals surface area contributed by atoms with Gasteiger partial charge in [-0.1, -0.05) is 30.3 Å². The molecule has 1 rings (SSSR count). The first-order valence-electron chi connectivity index (χ1n) is 3.72. The molecule has 1 aromatic carbocycles. The molecule has 0 aliphatic heterocycles. The summed E-state index contributed by atoms with van der Waals surface area (Å²) in [5.74, 6) is 0. The Labute approximate surface area is 89.2 Å². The molecule has 4 heteroatoms. The fourth-order valence-corrected chi connectivity index (χ4v) is 1.04. The third-order valence-electron chi connectivity index (χ3n) is 1.62. The van der Waals surface area contributed by atoms with Gasteiger partial charge in [0.25, 0.3) is 0 Å². The number of benzene rings is 1. The number of aliphatic hydroxyl groups is 1. The normalized spacial score (nSPS) is 11.5. The number of hydrogen-bond acceptors (Lipinski definition) is 2. The summed E-state index contributed by atoms with van der Waals surface area (Å²) in [7, 11) is 0. The van der Waals surface area contributed by atoms with Crippen LogP contribution in [-0.4, -0.2) is 16.2 Å². The van der Waals surface area contributed by atoms with E-state index in [0.29, 0.717) is 6.42 Å². The molecule has 0 aliphatic carbocycles. The van der Waals surface area contributed by atoms with Gasteiger partial charge in [-0.3, -0.25) is 0 Å². The van der Waals surface area contributed by atoms with Crippen molar-refractivity contribution in [3.63, 3.8) is 0 Å². The van der Waals surface area contributed by atoms with Crippen LogP contribution in [0.4, 0.5) is 0 Å². The number of nitrogens with two attached hydrogens (primary N) is 1. The minimum atomic E-state index is -0.428. The van der Waals surface area contributed by atoms with Gasteiger partial charge in [0.15, 0.2) is 5.05 Å². The highest BCUT2D eigenvalue weighted by Gasteiger charge is 2.07. The summed E-state index contributed by atoms with van der Waals surface area (Å²) in [6.07, 6.45) is 0.593. The number of rotatable bonds is 3. The van der Waals surface area contributed by atoms with Crippen molar-refractivity contribution in [3.05, 3.63) is 35.9 Å². The lowest BCUT2D eigenvalue weighted by atomic mass is 10.1. The molecule has 0 aliphatic rings. The lowest BCUT2D eigenvalue weighted by molar-refractivity contribution is 0.529. The zero-order valence-electron chi connectivity index (χ0n) is 7.01. The largest absolute Gasteiger partial charge is 0.501 e. The summed E-state index contributed by atoms with van der Waals surface area (Å²) in [6, 6.07) is 9.29. The van der Waals surface area contributed by atoms with E-state index in [-0.39, 0.29) is 17.5 Å². The predicted octanol–water partition coefficient (Wildman–Crippen LogP) is 1.86. The Morgan fingerprint density at radius 2 is 1.92 bits per heavy atom. The van der Waals surface area contributed by atoms with Crippen molar-refractivity contribution in [2.45, 2.75) is 12.5 Å². The molecule has 1 aromatic rings. The summed E-state index contributed by atoms with van der Waals surface area (Å²) in [5, 5.41) is 8.76. The standard InChI is InChI=1S/C9H11NOS.ClH/c10-8(9(11)12)6-7-4-2-1-3-5-7;/h1-5,8H,6,10H2,(H,11,12);1H/t8-;/m0./s1. The third kappa shape index (κ3) is 4.22. The number of halogens is 1.